The lowest BCUT2D eigenvalue weighted by Gasteiger charge is -2.29. The number of hydrogen-bond donors (Lipinski definition) is 1. The van der Waals surface area contributed by atoms with Crippen LogP contribution in [-0.2, 0) is 22.6 Å². The summed E-state index contributed by atoms with van der Waals surface area (Å²) in [7, 11) is 0. The molecule has 1 aliphatic heterocycles. The van der Waals surface area contributed by atoms with Gasteiger partial charge in [0.25, 0.3) is 0 Å². The molecular weight excluding hydrogens is 404 g/mol. The van der Waals surface area contributed by atoms with E-state index in [2.05, 4.69) is 5.32 Å². The number of amides is 2. The monoisotopic (exact) mass is 430 g/mol. The average molecular weight is 431 g/mol. The van der Waals surface area contributed by atoms with E-state index in [1.807, 2.05) is 61.5 Å². The number of ether oxygens (including phenoxy) is 2. The fourth-order valence-corrected chi connectivity index (χ4v) is 3.57. The maximum Gasteiger partial charge on any atom is 0.246 e. The molecule has 1 heterocycles. The second kappa shape index (κ2) is 9.56. The molecule has 1 unspecified atom stereocenters. The summed E-state index contributed by atoms with van der Waals surface area (Å²) < 4.78 is 10.7. The number of aryl methyl sites for hydroxylation is 1. The highest BCUT2D eigenvalue weighted by molar-refractivity contribution is 5.97. The van der Waals surface area contributed by atoms with Gasteiger partial charge in [0.05, 0.1) is 6.42 Å². The average Bonchev–Trinajstić information content (AvgIpc) is 3.27. The van der Waals surface area contributed by atoms with Gasteiger partial charge in [0.1, 0.15) is 6.04 Å². The zero-order chi connectivity index (χ0) is 22.5. The van der Waals surface area contributed by atoms with Gasteiger partial charge in [0.15, 0.2) is 11.5 Å². The third-order valence-electron chi connectivity index (χ3n) is 5.48. The van der Waals surface area contributed by atoms with Gasteiger partial charge >= 0.3 is 0 Å². The van der Waals surface area contributed by atoms with Crippen molar-refractivity contribution in [3.8, 4) is 11.5 Å². The Bertz CT molecular complexity index is 1100. The third-order valence-corrected chi connectivity index (χ3v) is 5.48. The number of rotatable bonds is 7. The molecule has 0 spiro atoms. The van der Waals surface area contributed by atoms with Gasteiger partial charge in [-0.2, -0.15) is 0 Å². The van der Waals surface area contributed by atoms with Crippen LogP contribution in [0, 0.1) is 6.92 Å². The summed E-state index contributed by atoms with van der Waals surface area (Å²) >= 11 is 0. The summed E-state index contributed by atoms with van der Waals surface area (Å²) in [6.07, 6.45) is 0.231. The Balaban J connectivity index is 1.52. The zero-order valence-corrected chi connectivity index (χ0v) is 18.2. The van der Waals surface area contributed by atoms with E-state index < -0.39 is 6.04 Å². The SMILES string of the molecule is Cc1ccc(CN(C(=O)Cc2ccccc2)C(C)C(=O)Nc2ccc3c(c2)OCO3)cc1. The molecule has 3 aromatic rings. The van der Waals surface area contributed by atoms with E-state index in [1.165, 1.54) is 0 Å². The second-order valence-electron chi connectivity index (χ2n) is 7.90. The van der Waals surface area contributed by atoms with Gasteiger partial charge in [-0.3, -0.25) is 9.59 Å². The summed E-state index contributed by atoms with van der Waals surface area (Å²) in [6, 6.07) is 22.1. The van der Waals surface area contributed by atoms with Gasteiger partial charge in [0.2, 0.25) is 18.6 Å². The minimum absolute atomic E-state index is 0.106. The van der Waals surface area contributed by atoms with Crippen molar-refractivity contribution in [1.82, 2.24) is 4.90 Å². The Labute approximate surface area is 187 Å². The van der Waals surface area contributed by atoms with Gasteiger partial charge in [-0.25, -0.2) is 0 Å². The van der Waals surface area contributed by atoms with Crippen molar-refractivity contribution in [3.63, 3.8) is 0 Å². The molecule has 164 valence electrons. The van der Waals surface area contributed by atoms with Gasteiger partial charge in [-0.15, -0.1) is 0 Å². The lowest BCUT2D eigenvalue weighted by molar-refractivity contribution is -0.138. The standard InChI is InChI=1S/C26H26N2O4/c1-18-8-10-21(11-9-18)16-28(25(29)14-20-6-4-3-5-7-20)19(2)26(30)27-22-12-13-23-24(15-22)32-17-31-23/h3-13,15,19H,14,16-17H2,1-2H3,(H,27,30). The van der Waals surface area contributed by atoms with Crippen LogP contribution in [0.4, 0.5) is 5.69 Å². The van der Waals surface area contributed by atoms with E-state index in [0.717, 1.165) is 16.7 Å². The molecule has 0 fully saturated rings. The normalized spacial score (nSPS) is 12.8. The van der Waals surface area contributed by atoms with Crippen LogP contribution < -0.4 is 14.8 Å². The number of carbonyl (C=O) groups excluding carboxylic acids is 2. The van der Waals surface area contributed by atoms with Crippen LogP contribution in [0.1, 0.15) is 23.6 Å². The number of benzene rings is 3. The number of carbonyl (C=O) groups is 2. The summed E-state index contributed by atoms with van der Waals surface area (Å²) in [5.74, 6) is 0.865. The maximum absolute atomic E-state index is 13.2. The highest BCUT2D eigenvalue weighted by atomic mass is 16.7. The van der Waals surface area contributed by atoms with Crippen molar-refractivity contribution in [3.05, 3.63) is 89.5 Å². The van der Waals surface area contributed by atoms with Gasteiger partial charge in [-0.1, -0.05) is 60.2 Å². The van der Waals surface area contributed by atoms with Crippen molar-refractivity contribution in [1.29, 1.82) is 0 Å². The Hall–Kier alpha value is -3.80. The van der Waals surface area contributed by atoms with Gasteiger partial charge in [-0.05, 0) is 37.1 Å². The molecule has 1 atom stereocenters. The van der Waals surface area contributed by atoms with Crippen LogP contribution in [0.5, 0.6) is 11.5 Å². The first kappa shape index (κ1) is 21.4. The molecule has 0 aliphatic carbocycles. The first-order valence-corrected chi connectivity index (χ1v) is 10.6. The molecule has 32 heavy (non-hydrogen) atoms. The number of anilines is 1. The van der Waals surface area contributed by atoms with Crippen molar-refractivity contribution in [2.45, 2.75) is 32.9 Å². The molecule has 2 amide bonds. The van der Waals surface area contributed by atoms with Crippen LogP contribution in [-0.4, -0.2) is 29.5 Å². The summed E-state index contributed by atoms with van der Waals surface area (Å²) in [4.78, 5) is 27.9. The van der Waals surface area contributed by atoms with Gasteiger partial charge in [0, 0.05) is 18.3 Å². The fourth-order valence-electron chi connectivity index (χ4n) is 3.57. The Morgan fingerprint density at radius 2 is 1.66 bits per heavy atom. The topological polar surface area (TPSA) is 67.9 Å². The maximum atomic E-state index is 13.2. The molecule has 6 nitrogen and oxygen atoms in total. The number of nitrogens with one attached hydrogen (secondary N) is 1. The molecule has 3 aromatic carbocycles. The molecule has 6 heteroatoms. The molecule has 1 aliphatic rings. The molecule has 0 aromatic heterocycles. The molecular formula is C26H26N2O4. The number of fused-ring (bicyclic) bond motifs is 1. The zero-order valence-electron chi connectivity index (χ0n) is 18.2. The Kier molecular flexibility index (Phi) is 6.40. The highest BCUT2D eigenvalue weighted by Gasteiger charge is 2.27. The molecule has 0 bridgehead atoms. The molecule has 0 radical (unpaired) electrons. The van der Waals surface area contributed by atoms with E-state index in [4.69, 9.17) is 9.47 Å². The van der Waals surface area contributed by atoms with Crippen LogP contribution >= 0.6 is 0 Å². The minimum atomic E-state index is -0.669. The summed E-state index contributed by atoms with van der Waals surface area (Å²) in [5, 5.41) is 2.90. The summed E-state index contributed by atoms with van der Waals surface area (Å²) in [6.45, 7) is 4.28. The van der Waals surface area contributed by atoms with Crippen molar-refractivity contribution >= 4 is 17.5 Å². The molecule has 1 N–H and O–H groups in total. The Morgan fingerprint density at radius 3 is 2.41 bits per heavy atom. The first-order chi connectivity index (χ1) is 15.5. The number of hydrogen-bond acceptors (Lipinski definition) is 4. The largest absolute Gasteiger partial charge is 0.454 e. The summed E-state index contributed by atoms with van der Waals surface area (Å²) in [5.41, 5.74) is 3.62. The van der Waals surface area contributed by atoms with Crippen molar-refractivity contribution in [2.75, 3.05) is 12.1 Å². The predicted molar refractivity (Wildman–Crippen MR) is 123 cm³/mol. The quantitative estimate of drug-likeness (QED) is 0.606. The third kappa shape index (κ3) is 5.09. The van der Waals surface area contributed by atoms with E-state index in [-0.39, 0.29) is 25.0 Å². The van der Waals surface area contributed by atoms with Gasteiger partial charge < -0.3 is 19.7 Å². The predicted octanol–water partition coefficient (Wildman–Crippen LogP) is 4.32. The highest BCUT2D eigenvalue weighted by Crippen LogP contribution is 2.34. The Morgan fingerprint density at radius 1 is 0.938 bits per heavy atom. The molecule has 0 saturated heterocycles. The molecule has 0 saturated carbocycles. The second-order valence-corrected chi connectivity index (χ2v) is 7.90. The van der Waals surface area contributed by atoms with Crippen LogP contribution in [0.2, 0.25) is 0 Å². The molecule has 4 rings (SSSR count). The van der Waals surface area contributed by atoms with Crippen LogP contribution in [0.25, 0.3) is 0 Å². The smallest absolute Gasteiger partial charge is 0.246 e. The van der Waals surface area contributed by atoms with E-state index in [0.29, 0.717) is 23.7 Å². The lowest BCUT2D eigenvalue weighted by atomic mass is 10.1. The van der Waals surface area contributed by atoms with E-state index >= 15 is 0 Å². The van der Waals surface area contributed by atoms with Crippen molar-refractivity contribution < 1.29 is 19.1 Å². The van der Waals surface area contributed by atoms with Crippen molar-refractivity contribution in [2.24, 2.45) is 0 Å². The first-order valence-electron chi connectivity index (χ1n) is 10.6. The lowest BCUT2D eigenvalue weighted by Crippen LogP contribution is -2.45. The van der Waals surface area contributed by atoms with E-state index in [1.54, 1.807) is 30.0 Å². The van der Waals surface area contributed by atoms with Crippen LogP contribution in [0.15, 0.2) is 72.8 Å². The van der Waals surface area contributed by atoms with Crippen LogP contribution in [0.3, 0.4) is 0 Å². The fraction of sp³-hybridized carbons (Fsp3) is 0.231. The number of nitrogens with zero attached hydrogens (tertiary/aromatic N) is 1. The minimum Gasteiger partial charge on any atom is -0.454 e. The van der Waals surface area contributed by atoms with E-state index in [9.17, 15) is 9.59 Å².